The summed E-state index contributed by atoms with van der Waals surface area (Å²) in [5.74, 6) is 0.910. The summed E-state index contributed by atoms with van der Waals surface area (Å²) in [5, 5.41) is 0. The lowest BCUT2D eigenvalue weighted by Crippen LogP contribution is -2.32. The first-order valence-electron chi connectivity index (χ1n) is 7.65. The molecule has 124 valence electrons. The largest absolute Gasteiger partial charge is 0.496 e. The minimum absolute atomic E-state index is 0.0158. The van der Waals surface area contributed by atoms with Gasteiger partial charge in [-0.15, -0.1) is 0 Å². The highest BCUT2D eigenvalue weighted by molar-refractivity contribution is 7.89. The lowest BCUT2D eigenvalue weighted by molar-refractivity contribution is 0.114. The van der Waals surface area contributed by atoms with Gasteiger partial charge in [-0.05, 0) is 48.9 Å². The fourth-order valence-electron chi connectivity index (χ4n) is 2.68. The second kappa shape index (κ2) is 6.98. The van der Waals surface area contributed by atoms with Crippen molar-refractivity contribution in [3.05, 3.63) is 23.3 Å². The quantitative estimate of drug-likeness (QED) is 0.872. The number of ether oxygens (including phenoxy) is 2. The Labute approximate surface area is 133 Å². The molecule has 1 N–H and O–H groups in total. The summed E-state index contributed by atoms with van der Waals surface area (Å²) in [6.07, 6.45) is 1.88. The Morgan fingerprint density at radius 1 is 1.41 bits per heavy atom. The highest BCUT2D eigenvalue weighted by Crippen LogP contribution is 2.31. The van der Waals surface area contributed by atoms with Crippen LogP contribution >= 0.6 is 0 Å². The summed E-state index contributed by atoms with van der Waals surface area (Å²) in [5.41, 5.74) is 1.58. The van der Waals surface area contributed by atoms with Crippen LogP contribution in [0, 0.1) is 6.92 Å². The third-order valence-electron chi connectivity index (χ3n) is 3.96. The van der Waals surface area contributed by atoms with E-state index in [2.05, 4.69) is 4.72 Å². The van der Waals surface area contributed by atoms with Gasteiger partial charge in [0.2, 0.25) is 10.0 Å². The standard InChI is InChI=1S/C16H25NO4S/c1-11(2)14-9-16(12(3)8-15(14)20-4)22(18,19)17-10-13-6-5-7-21-13/h8-9,11,13,17H,5-7,10H2,1-4H3. The predicted molar refractivity (Wildman–Crippen MR) is 86.0 cm³/mol. The minimum atomic E-state index is -3.54. The Hall–Kier alpha value is -1.11. The molecule has 1 fully saturated rings. The second-order valence-electron chi connectivity index (χ2n) is 6.00. The van der Waals surface area contributed by atoms with Gasteiger partial charge in [0.25, 0.3) is 0 Å². The normalized spacial score (nSPS) is 18.9. The topological polar surface area (TPSA) is 64.6 Å². The predicted octanol–water partition coefficient (Wildman–Crippen LogP) is 2.58. The molecule has 0 aliphatic carbocycles. The van der Waals surface area contributed by atoms with Crippen LogP contribution in [-0.4, -0.2) is 34.8 Å². The molecule has 22 heavy (non-hydrogen) atoms. The number of benzene rings is 1. The lowest BCUT2D eigenvalue weighted by atomic mass is 10.0. The van der Waals surface area contributed by atoms with Crippen molar-refractivity contribution >= 4 is 10.0 Å². The van der Waals surface area contributed by atoms with E-state index in [9.17, 15) is 8.42 Å². The third-order valence-corrected chi connectivity index (χ3v) is 5.53. The van der Waals surface area contributed by atoms with Gasteiger partial charge in [-0.1, -0.05) is 13.8 Å². The van der Waals surface area contributed by atoms with Gasteiger partial charge in [0.05, 0.1) is 18.1 Å². The number of methoxy groups -OCH3 is 1. The molecule has 6 heteroatoms. The van der Waals surface area contributed by atoms with E-state index < -0.39 is 10.0 Å². The molecule has 1 aromatic rings. The van der Waals surface area contributed by atoms with Crippen LogP contribution in [0.1, 0.15) is 43.7 Å². The maximum absolute atomic E-state index is 12.6. The van der Waals surface area contributed by atoms with Crippen molar-refractivity contribution in [3.8, 4) is 5.75 Å². The Morgan fingerprint density at radius 3 is 2.68 bits per heavy atom. The summed E-state index contributed by atoms with van der Waals surface area (Å²) < 4.78 is 38.6. The molecule has 1 saturated heterocycles. The molecule has 0 spiro atoms. The van der Waals surface area contributed by atoms with Crippen LogP contribution in [0.2, 0.25) is 0 Å². The Kier molecular flexibility index (Phi) is 5.47. The zero-order valence-corrected chi connectivity index (χ0v) is 14.5. The van der Waals surface area contributed by atoms with Crippen LogP contribution in [0.5, 0.6) is 5.75 Å². The molecule has 1 atom stereocenters. The average molecular weight is 327 g/mol. The maximum Gasteiger partial charge on any atom is 0.240 e. The van der Waals surface area contributed by atoms with Gasteiger partial charge in [-0.25, -0.2) is 13.1 Å². The minimum Gasteiger partial charge on any atom is -0.496 e. The summed E-state index contributed by atoms with van der Waals surface area (Å²) >= 11 is 0. The van der Waals surface area contributed by atoms with Crippen LogP contribution < -0.4 is 9.46 Å². The molecule has 1 aliphatic rings. The van der Waals surface area contributed by atoms with E-state index >= 15 is 0 Å². The van der Waals surface area contributed by atoms with E-state index in [0.29, 0.717) is 23.6 Å². The zero-order valence-electron chi connectivity index (χ0n) is 13.7. The van der Waals surface area contributed by atoms with E-state index in [4.69, 9.17) is 9.47 Å². The van der Waals surface area contributed by atoms with Gasteiger partial charge in [-0.3, -0.25) is 0 Å². The molecule has 0 saturated carbocycles. The van der Waals surface area contributed by atoms with Crippen molar-refractivity contribution in [2.75, 3.05) is 20.3 Å². The molecule has 0 amide bonds. The molecule has 1 unspecified atom stereocenters. The molecule has 5 nitrogen and oxygen atoms in total. The van der Waals surface area contributed by atoms with Crippen LogP contribution in [0.4, 0.5) is 0 Å². The number of hydrogen-bond acceptors (Lipinski definition) is 4. The van der Waals surface area contributed by atoms with E-state index in [1.165, 1.54) is 0 Å². The summed E-state index contributed by atoms with van der Waals surface area (Å²) in [7, 11) is -1.94. The SMILES string of the molecule is COc1cc(C)c(S(=O)(=O)NCC2CCCO2)cc1C(C)C. The van der Waals surface area contributed by atoms with Crippen LogP contribution in [0.15, 0.2) is 17.0 Å². The smallest absolute Gasteiger partial charge is 0.240 e. The highest BCUT2D eigenvalue weighted by Gasteiger charge is 2.23. The number of rotatable bonds is 6. The van der Waals surface area contributed by atoms with Crippen LogP contribution in [0.3, 0.4) is 0 Å². The molecule has 2 rings (SSSR count). The molecular weight excluding hydrogens is 302 g/mol. The van der Waals surface area contributed by atoms with Crippen molar-refractivity contribution in [3.63, 3.8) is 0 Å². The first-order chi connectivity index (χ1) is 10.3. The average Bonchev–Trinajstić information content (AvgIpc) is 2.97. The van der Waals surface area contributed by atoms with Gasteiger partial charge < -0.3 is 9.47 Å². The maximum atomic E-state index is 12.6. The first kappa shape index (κ1) is 17.2. The zero-order chi connectivity index (χ0) is 16.3. The van der Waals surface area contributed by atoms with Gasteiger partial charge in [0.15, 0.2) is 0 Å². The Morgan fingerprint density at radius 2 is 2.14 bits per heavy atom. The molecular formula is C16H25NO4S. The number of sulfonamides is 1. The van der Waals surface area contributed by atoms with Crippen molar-refractivity contribution in [1.29, 1.82) is 0 Å². The first-order valence-corrected chi connectivity index (χ1v) is 9.13. The van der Waals surface area contributed by atoms with Crippen molar-refractivity contribution in [1.82, 2.24) is 4.72 Å². The van der Waals surface area contributed by atoms with Gasteiger partial charge >= 0.3 is 0 Å². The third kappa shape index (κ3) is 3.80. The Balaban J connectivity index is 2.27. The van der Waals surface area contributed by atoms with Crippen LogP contribution in [-0.2, 0) is 14.8 Å². The Bertz CT molecular complexity index is 619. The molecule has 0 bridgehead atoms. The second-order valence-corrected chi connectivity index (χ2v) is 7.74. The summed E-state index contributed by atoms with van der Waals surface area (Å²) in [4.78, 5) is 0.315. The number of aryl methyl sites for hydroxylation is 1. The molecule has 1 aliphatic heterocycles. The van der Waals surface area contributed by atoms with Gasteiger partial charge in [0.1, 0.15) is 5.75 Å². The van der Waals surface area contributed by atoms with Gasteiger partial charge in [0, 0.05) is 13.2 Å². The summed E-state index contributed by atoms with van der Waals surface area (Å²) in [6, 6.07) is 3.51. The molecule has 0 radical (unpaired) electrons. The van der Waals surface area contributed by atoms with E-state index in [1.54, 1.807) is 26.2 Å². The van der Waals surface area contributed by atoms with E-state index in [0.717, 1.165) is 24.2 Å². The monoisotopic (exact) mass is 327 g/mol. The van der Waals surface area contributed by atoms with Gasteiger partial charge in [-0.2, -0.15) is 0 Å². The number of nitrogens with one attached hydrogen (secondary N) is 1. The van der Waals surface area contributed by atoms with E-state index in [1.807, 2.05) is 13.8 Å². The van der Waals surface area contributed by atoms with Crippen molar-refractivity contribution in [2.24, 2.45) is 0 Å². The highest BCUT2D eigenvalue weighted by atomic mass is 32.2. The molecule has 1 aromatic carbocycles. The van der Waals surface area contributed by atoms with E-state index in [-0.39, 0.29) is 12.0 Å². The lowest BCUT2D eigenvalue weighted by Gasteiger charge is -2.17. The van der Waals surface area contributed by atoms with Crippen LogP contribution in [0.25, 0.3) is 0 Å². The molecule has 0 aromatic heterocycles. The fourth-order valence-corrected chi connectivity index (χ4v) is 4.01. The van der Waals surface area contributed by atoms with Crippen molar-refractivity contribution in [2.45, 2.75) is 50.5 Å². The summed E-state index contributed by atoms with van der Waals surface area (Å²) in [6.45, 7) is 6.86. The fraction of sp³-hybridized carbons (Fsp3) is 0.625. The van der Waals surface area contributed by atoms with Crippen molar-refractivity contribution < 1.29 is 17.9 Å². The molecule has 1 heterocycles. The number of hydrogen-bond donors (Lipinski definition) is 1.